The highest BCUT2D eigenvalue weighted by molar-refractivity contribution is 5.70. The molecule has 0 aromatic carbocycles. The van der Waals surface area contributed by atoms with Gasteiger partial charge in [-0.15, -0.1) is 0 Å². The van der Waals surface area contributed by atoms with E-state index in [2.05, 4.69) is 12.2 Å². The first-order valence-electron chi connectivity index (χ1n) is 7.63. The zero-order valence-corrected chi connectivity index (χ0v) is 12.8. The molecule has 2 saturated heterocycles. The molecule has 5 atom stereocenters. The molecule has 0 spiro atoms. The molecule has 3 rings (SSSR count). The molecular formula is C16H25NO3. The minimum atomic E-state index is -0.431. The van der Waals surface area contributed by atoms with E-state index in [9.17, 15) is 4.79 Å². The summed E-state index contributed by atoms with van der Waals surface area (Å²) in [6, 6.07) is 0.522. The number of hydrogen-bond acceptors (Lipinski definition) is 3. The summed E-state index contributed by atoms with van der Waals surface area (Å²) in [5.74, 6) is 0.742. The summed E-state index contributed by atoms with van der Waals surface area (Å²) in [5.41, 5.74) is -0.431. The van der Waals surface area contributed by atoms with Gasteiger partial charge < -0.3 is 14.4 Å². The summed E-state index contributed by atoms with van der Waals surface area (Å²) in [6.45, 7) is 5.78. The fourth-order valence-electron chi connectivity index (χ4n) is 4.23. The fraction of sp³-hybridized carbons (Fsp3) is 0.812. The van der Waals surface area contributed by atoms with Gasteiger partial charge in [-0.3, -0.25) is 0 Å². The smallest absolute Gasteiger partial charge is 0.410 e. The molecule has 2 aliphatic heterocycles. The lowest BCUT2D eigenvalue weighted by Crippen LogP contribution is -2.59. The van der Waals surface area contributed by atoms with Crippen molar-refractivity contribution < 1.29 is 14.3 Å². The lowest BCUT2D eigenvalue weighted by Gasteiger charge is -2.49. The standard InChI is InChI=1S/C16H25NO3/c1-16(2,3)20-15(18)17-12-8-9-13(17)11-7-5-6-10(12)14(11)19-4/h5-6,10-14H,7-9H2,1-4H3/t10-,11+,12-,13+,14+/m1/s1. The molecule has 112 valence electrons. The Morgan fingerprint density at radius 1 is 1.25 bits per heavy atom. The van der Waals surface area contributed by atoms with E-state index in [1.54, 1.807) is 7.11 Å². The average molecular weight is 279 g/mol. The third kappa shape index (κ3) is 2.14. The van der Waals surface area contributed by atoms with E-state index in [-0.39, 0.29) is 24.3 Å². The van der Waals surface area contributed by atoms with Crippen LogP contribution < -0.4 is 0 Å². The Bertz CT molecular complexity index is 426. The van der Waals surface area contributed by atoms with Gasteiger partial charge in [-0.25, -0.2) is 4.79 Å². The van der Waals surface area contributed by atoms with Crippen molar-refractivity contribution in [3.05, 3.63) is 12.2 Å². The molecule has 4 nitrogen and oxygen atoms in total. The number of hydrogen-bond donors (Lipinski definition) is 0. The van der Waals surface area contributed by atoms with E-state index in [4.69, 9.17) is 9.47 Å². The molecule has 4 heteroatoms. The SMILES string of the molecule is CO[C@H]1[C@@H]2C=CC[C@H]1[C@@H]1CC[C@H]2N1C(=O)OC(C)(C)C. The van der Waals surface area contributed by atoms with Crippen molar-refractivity contribution >= 4 is 6.09 Å². The van der Waals surface area contributed by atoms with Crippen LogP contribution in [0.1, 0.15) is 40.0 Å². The van der Waals surface area contributed by atoms with Gasteiger partial charge >= 0.3 is 6.09 Å². The van der Waals surface area contributed by atoms with Gasteiger partial charge in [0, 0.05) is 31.0 Å². The highest BCUT2D eigenvalue weighted by Crippen LogP contribution is 2.48. The van der Waals surface area contributed by atoms with Crippen LogP contribution in [0.5, 0.6) is 0 Å². The summed E-state index contributed by atoms with van der Waals surface area (Å²) in [7, 11) is 1.80. The molecule has 0 aromatic heterocycles. The van der Waals surface area contributed by atoms with Crippen molar-refractivity contribution in [1.82, 2.24) is 4.90 Å². The van der Waals surface area contributed by atoms with Crippen molar-refractivity contribution in [2.75, 3.05) is 7.11 Å². The Morgan fingerprint density at radius 3 is 2.60 bits per heavy atom. The van der Waals surface area contributed by atoms with E-state index < -0.39 is 5.60 Å². The minimum Gasteiger partial charge on any atom is -0.444 e. The van der Waals surface area contributed by atoms with Gasteiger partial charge in [0.05, 0.1) is 6.10 Å². The molecule has 2 fully saturated rings. The monoisotopic (exact) mass is 279 g/mol. The first-order chi connectivity index (χ1) is 9.42. The Labute approximate surface area is 121 Å². The average Bonchev–Trinajstić information content (AvgIpc) is 2.76. The second-order valence-electron chi connectivity index (χ2n) is 7.21. The second kappa shape index (κ2) is 4.76. The highest BCUT2D eigenvalue weighted by atomic mass is 16.6. The number of piperidine rings is 1. The van der Waals surface area contributed by atoms with Crippen LogP contribution in [-0.2, 0) is 9.47 Å². The first-order valence-corrected chi connectivity index (χ1v) is 7.63. The second-order valence-corrected chi connectivity index (χ2v) is 7.21. The summed E-state index contributed by atoms with van der Waals surface area (Å²) >= 11 is 0. The van der Waals surface area contributed by atoms with Crippen LogP contribution >= 0.6 is 0 Å². The summed E-state index contributed by atoms with van der Waals surface area (Å²) < 4.78 is 11.4. The van der Waals surface area contributed by atoms with Gasteiger partial charge in [0.25, 0.3) is 0 Å². The summed E-state index contributed by atoms with van der Waals surface area (Å²) in [5, 5.41) is 0. The maximum Gasteiger partial charge on any atom is 0.410 e. The number of nitrogens with zero attached hydrogens (tertiary/aromatic N) is 1. The van der Waals surface area contributed by atoms with Crippen molar-refractivity contribution in [3.8, 4) is 0 Å². The van der Waals surface area contributed by atoms with Gasteiger partial charge in [-0.2, -0.15) is 0 Å². The van der Waals surface area contributed by atoms with Gasteiger partial charge in [-0.05, 0) is 40.0 Å². The van der Waals surface area contributed by atoms with Crippen molar-refractivity contribution in [3.63, 3.8) is 0 Å². The van der Waals surface area contributed by atoms with Crippen molar-refractivity contribution in [1.29, 1.82) is 0 Å². The third-order valence-electron chi connectivity index (χ3n) is 4.86. The Kier molecular flexibility index (Phi) is 3.32. The largest absolute Gasteiger partial charge is 0.444 e. The predicted octanol–water partition coefficient (Wildman–Crippen LogP) is 2.98. The number of carbonyl (C=O) groups excluding carboxylic acids is 1. The Hall–Kier alpha value is -1.03. The normalized spacial score (nSPS) is 39.0. The van der Waals surface area contributed by atoms with Crippen LogP contribution in [0, 0.1) is 11.8 Å². The van der Waals surface area contributed by atoms with E-state index in [0.29, 0.717) is 11.8 Å². The van der Waals surface area contributed by atoms with Crippen LogP contribution in [0.15, 0.2) is 12.2 Å². The highest BCUT2D eigenvalue weighted by Gasteiger charge is 2.55. The third-order valence-corrected chi connectivity index (χ3v) is 4.86. The molecule has 0 radical (unpaired) electrons. The fourth-order valence-corrected chi connectivity index (χ4v) is 4.23. The lowest BCUT2D eigenvalue weighted by atomic mass is 9.74. The molecule has 20 heavy (non-hydrogen) atoms. The van der Waals surface area contributed by atoms with Gasteiger partial charge in [0.15, 0.2) is 0 Å². The van der Waals surface area contributed by atoms with Crippen LogP contribution in [0.4, 0.5) is 4.79 Å². The molecule has 0 aromatic rings. The zero-order valence-electron chi connectivity index (χ0n) is 12.8. The van der Waals surface area contributed by atoms with Gasteiger partial charge in [0.2, 0.25) is 0 Å². The predicted molar refractivity (Wildman–Crippen MR) is 76.4 cm³/mol. The maximum atomic E-state index is 12.5. The van der Waals surface area contributed by atoms with Crippen molar-refractivity contribution in [2.24, 2.45) is 11.8 Å². The number of carbonyl (C=O) groups is 1. The van der Waals surface area contributed by atoms with E-state index in [1.165, 1.54) is 0 Å². The van der Waals surface area contributed by atoms with E-state index >= 15 is 0 Å². The van der Waals surface area contributed by atoms with Crippen LogP contribution in [-0.4, -0.2) is 41.9 Å². The summed E-state index contributed by atoms with van der Waals surface area (Å²) in [6.07, 6.45) is 7.77. The van der Waals surface area contributed by atoms with Gasteiger partial charge in [-0.1, -0.05) is 12.2 Å². The van der Waals surface area contributed by atoms with Crippen LogP contribution in [0.25, 0.3) is 0 Å². The molecular weight excluding hydrogens is 254 g/mol. The molecule has 2 heterocycles. The number of amides is 1. The molecule has 0 saturated carbocycles. The van der Waals surface area contributed by atoms with Crippen LogP contribution in [0.2, 0.25) is 0 Å². The number of rotatable bonds is 1. The topological polar surface area (TPSA) is 38.8 Å². The maximum absolute atomic E-state index is 12.5. The number of methoxy groups -OCH3 is 1. The quantitative estimate of drug-likeness (QED) is 0.693. The van der Waals surface area contributed by atoms with Gasteiger partial charge in [0.1, 0.15) is 5.60 Å². The van der Waals surface area contributed by atoms with Crippen LogP contribution in [0.3, 0.4) is 0 Å². The number of allylic oxidation sites excluding steroid dienone is 1. The molecule has 0 N–H and O–H groups in total. The molecule has 4 bridgehead atoms. The van der Waals surface area contributed by atoms with Crippen molar-refractivity contribution in [2.45, 2.75) is 63.8 Å². The minimum absolute atomic E-state index is 0.148. The molecule has 0 unspecified atom stereocenters. The Balaban J connectivity index is 1.86. The van der Waals surface area contributed by atoms with E-state index in [1.807, 2.05) is 25.7 Å². The molecule has 1 aliphatic carbocycles. The summed E-state index contributed by atoms with van der Waals surface area (Å²) in [4.78, 5) is 14.6. The molecule has 3 aliphatic rings. The number of ether oxygens (including phenoxy) is 2. The first kappa shape index (κ1) is 13.9. The van der Waals surface area contributed by atoms with E-state index in [0.717, 1.165) is 19.3 Å². The zero-order chi connectivity index (χ0) is 14.5. The lowest BCUT2D eigenvalue weighted by molar-refractivity contribution is -0.0780. The Morgan fingerprint density at radius 2 is 1.95 bits per heavy atom. The molecule has 1 amide bonds. The number of fused-ring (bicyclic) bond motifs is 6.